The van der Waals surface area contributed by atoms with E-state index in [4.69, 9.17) is 9.15 Å². The van der Waals surface area contributed by atoms with Crippen molar-refractivity contribution in [2.45, 2.75) is 13.5 Å². The molecule has 98 valence electrons. The van der Waals surface area contributed by atoms with Gasteiger partial charge in [0.05, 0.1) is 20.3 Å². The molecular formula is C12H14O6. The molecule has 0 fully saturated rings. The van der Waals surface area contributed by atoms with Gasteiger partial charge in [-0.15, -0.1) is 0 Å². The van der Waals surface area contributed by atoms with Crippen molar-refractivity contribution < 1.29 is 28.2 Å². The number of esters is 2. The van der Waals surface area contributed by atoms with Crippen molar-refractivity contribution in [3.63, 3.8) is 0 Å². The Morgan fingerprint density at radius 2 is 2.00 bits per heavy atom. The average molecular weight is 254 g/mol. The molecular weight excluding hydrogens is 240 g/mol. The number of hydrogen-bond acceptors (Lipinski definition) is 6. The van der Waals surface area contributed by atoms with Crippen LogP contribution in [0.5, 0.6) is 0 Å². The van der Waals surface area contributed by atoms with E-state index >= 15 is 0 Å². The zero-order valence-corrected chi connectivity index (χ0v) is 10.4. The molecule has 0 saturated carbocycles. The van der Waals surface area contributed by atoms with Gasteiger partial charge in [-0.2, -0.15) is 0 Å². The van der Waals surface area contributed by atoms with Crippen molar-refractivity contribution in [3.8, 4) is 0 Å². The zero-order chi connectivity index (χ0) is 13.5. The highest BCUT2D eigenvalue weighted by atomic mass is 16.6. The van der Waals surface area contributed by atoms with E-state index in [0.29, 0.717) is 5.76 Å². The Balaban J connectivity index is 2.70. The Morgan fingerprint density at radius 3 is 2.50 bits per heavy atom. The summed E-state index contributed by atoms with van der Waals surface area (Å²) in [6.07, 6.45) is 0.918. The minimum Gasteiger partial charge on any atom is -0.478 e. The molecule has 6 nitrogen and oxygen atoms in total. The van der Waals surface area contributed by atoms with E-state index in [1.807, 2.05) is 0 Å². The normalized spacial score (nSPS) is 10.9. The standard InChI is InChI=1S/C12H14O6/c1-8-4-5-9(18-8)7-17-10(12(14)16-3)6-11(13)15-2/h4-6H,7H2,1-3H3/b10-6+. The number of furan rings is 1. The van der Waals surface area contributed by atoms with E-state index in [-0.39, 0.29) is 12.4 Å². The van der Waals surface area contributed by atoms with Gasteiger partial charge in [0.1, 0.15) is 18.1 Å². The number of aryl methyl sites for hydroxylation is 1. The topological polar surface area (TPSA) is 75.0 Å². The van der Waals surface area contributed by atoms with Gasteiger partial charge in [0.15, 0.2) is 0 Å². The summed E-state index contributed by atoms with van der Waals surface area (Å²) in [6, 6.07) is 3.48. The lowest BCUT2D eigenvalue weighted by molar-refractivity contribution is -0.142. The predicted octanol–water partition coefficient (Wildman–Crippen LogP) is 1.33. The molecule has 1 aromatic heterocycles. The molecule has 0 aliphatic rings. The first-order valence-corrected chi connectivity index (χ1v) is 5.13. The quantitative estimate of drug-likeness (QED) is 0.448. The van der Waals surface area contributed by atoms with Crippen LogP contribution < -0.4 is 0 Å². The van der Waals surface area contributed by atoms with Crippen LogP contribution in [0.15, 0.2) is 28.4 Å². The lowest BCUT2D eigenvalue weighted by atomic mass is 10.4. The molecule has 6 heteroatoms. The molecule has 0 aromatic carbocycles. The Hall–Kier alpha value is -2.24. The Kier molecular flexibility index (Phi) is 4.98. The van der Waals surface area contributed by atoms with Crippen LogP contribution in [0.3, 0.4) is 0 Å². The molecule has 0 saturated heterocycles. The summed E-state index contributed by atoms with van der Waals surface area (Å²) in [4.78, 5) is 22.4. The highest BCUT2D eigenvalue weighted by molar-refractivity contribution is 5.94. The van der Waals surface area contributed by atoms with Gasteiger partial charge in [-0.25, -0.2) is 9.59 Å². The van der Waals surface area contributed by atoms with Crippen LogP contribution >= 0.6 is 0 Å². The average Bonchev–Trinajstić information content (AvgIpc) is 2.78. The predicted molar refractivity (Wildman–Crippen MR) is 60.3 cm³/mol. The largest absolute Gasteiger partial charge is 0.478 e. The van der Waals surface area contributed by atoms with Crippen molar-refractivity contribution in [2.24, 2.45) is 0 Å². The van der Waals surface area contributed by atoms with Gasteiger partial charge >= 0.3 is 11.9 Å². The van der Waals surface area contributed by atoms with Crippen LogP contribution in [-0.2, 0) is 30.4 Å². The third-order valence-electron chi connectivity index (χ3n) is 2.00. The van der Waals surface area contributed by atoms with Crippen LogP contribution in [0.1, 0.15) is 11.5 Å². The first-order valence-electron chi connectivity index (χ1n) is 5.13. The minimum atomic E-state index is -0.760. The van der Waals surface area contributed by atoms with Crippen LogP contribution in [0.25, 0.3) is 0 Å². The highest BCUT2D eigenvalue weighted by Gasteiger charge is 2.14. The first-order chi connectivity index (χ1) is 8.56. The molecule has 0 spiro atoms. The fraction of sp³-hybridized carbons (Fsp3) is 0.333. The molecule has 1 rings (SSSR count). The number of methoxy groups -OCH3 is 2. The van der Waals surface area contributed by atoms with E-state index < -0.39 is 11.9 Å². The summed E-state index contributed by atoms with van der Waals surface area (Å²) in [5, 5.41) is 0. The third kappa shape index (κ3) is 3.97. The van der Waals surface area contributed by atoms with Crippen molar-refractivity contribution in [2.75, 3.05) is 14.2 Å². The number of carbonyl (C=O) groups is 2. The van der Waals surface area contributed by atoms with Crippen LogP contribution in [-0.4, -0.2) is 26.2 Å². The van der Waals surface area contributed by atoms with Gasteiger partial charge in [0.25, 0.3) is 0 Å². The first kappa shape index (κ1) is 13.8. The summed E-state index contributed by atoms with van der Waals surface area (Å²) in [5.41, 5.74) is 0. The Bertz CT molecular complexity index is 457. The lowest BCUT2D eigenvalue weighted by Crippen LogP contribution is -2.11. The Morgan fingerprint density at radius 1 is 1.28 bits per heavy atom. The van der Waals surface area contributed by atoms with Crippen LogP contribution in [0.4, 0.5) is 0 Å². The number of rotatable bonds is 5. The molecule has 0 amide bonds. The molecule has 0 aliphatic carbocycles. The van der Waals surface area contributed by atoms with E-state index in [0.717, 1.165) is 11.8 Å². The molecule has 1 aromatic rings. The fourth-order valence-electron chi connectivity index (χ4n) is 1.14. The number of carbonyl (C=O) groups excluding carboxylic acids is 2. The molecule has 0 aliphatic heterocycles. The van der Waals surface area contributed by atoms with Crippen molar-refractivity contribution in [1.29, 1.82) is 0 Å². The maximum atomic E-state index is 11.3. The van der Waals surface area contributed by atoms with Crippen molar-refractivity contribution in [3.05, 3.63) is 35.5 Å². The minimum absolute atomic E-state index is 0.0196. The monoisotopic (exact) mass is 254 g/mol. The second-order valence-corrected chi connectivity index (χ2v) is 3.32. The summed E-state index contributed by atoms with van der Waals surface area (Å²) in [6.45, 7) is 1.81. The van der Waals surface area contributed by atoms with Gasteiger partial charge in [0.2, 0.25) is 5.76 Å². The maximum Gasteiger partial charge on any atom is 0.373 e. The summed E-state index contributed by atoms with van der Waals surface area (Å²) < 4.78 is 19.3. The molecule has 0 unspecified atom stereocenters. The molecule has 0 bridgehead atoms. The van der Waals surface area contributed by atoms with Gasteiger partial charge in [-0.1, -0.05) is 0 Å². The van der Waals surface area contributed by atoms with Crippen LogP contribution in [0, 0.1) is 6.92 Å². The number of hydrogen-bond donors (Lipinski definition) is 0. The van der Waals surface area contributed by atoms with Gasteiger partial charge < -0.3 is 18.6 Å². The summed E-state index contributed by atoms with van der Waals surface area (Å²) in [7, 11) is 2.39. The molecule has 18 heavy (non-hydrogen) atoms. The van der Waals surface area contributed by atoms with Gasteiger partial charge in [0, 0.05) is 0 Å². The second-order valence-electron chi connectivity index (χ2n) is 3.32. The third-order valence-corrected chi connectivity index (χ3v) is 2.00. The van der Waals surface area contributed by atoms with E-state index in [9.17, 15) is 9.59 Å². The lowest BCUT2D eigenvalue weighted by Gasteiger charge is -2.06. The smallest absolute Gasteiger partial charge is 0.373 e. The zero-order valence-electron chi connectivity index (χ0n) is 10.4. The number of ether oxygens (including phenoxy) is 3. The van der Waals surface area contributed by atoms with E-state index in [1.54, 1.807) is 19.1 Å². The maximum absolute atomic E-state index is 11.3. The van der Waals surface area contributed by atoms with E-state index in [1.165, 1.54) is 14.2 Å². The van der Waals surface area contributed by atoms with Crippen molar-refractivity contribution >= 4 is 11.9 Å². The second kappa shape index (κ2) is 6.48. The summed E-state index contributed by atoms with van der Waals surface area (Å²) in [5.74, 6) is -0.439. The van der Waals surface area contributed by atoms with Gasteiger partial charge in [-0.3, -0.25) is 0 Å². The molecule has 0 radical (unpaired) electrons. The fourth-order valence-corrected chi connectivity index (χ4v) is 1.14. The van der Waals surface area contributed by atoms with E-state index in [2.05, 4.69) is 9.47 Å². The van der Waals surface area contributed by atoms with Gasteiger partial charge in [-0.05, 0) is 19.1 Å². The highest BCUT2D eigenvalue weighted by Crippen LogP contribution is 2.11. The van der Waals surface area contributed by atoms with Crippen LogP contribution in [0.2, 0.25) is 0 Å². The summed E-state index contributed by atoms with van der Waals surface area (Å²) >= 11 is 0. The Labute approximate surface area is 104 Å². The SMILES string of the molecule is COC(=O)/C=C(/OCc1ccc(C)o1)C(=O)OC. The van der Waals surface area contributed by atoms with Crippen molar-refractivity contribution in [1.82, 2.24) is 0 Å². The molecule has 1 heterocycles. The molecule has 0 N–H and O–H groups in total. The molecule has 0 atom stereocenters.